The average molecular weight is 286 g/mol. The second-order valence-electron chi connectivity index (χ2n) is 5.75. The van der Waals surface area contributed by atoms with Gasteiger partial charge in [0.15, 0.2) is 0 Å². The number of fused-ring (bicyclic) bond motifs is 1. The predicted octanol–water partition coefficient (Wildman–Crippen LogP) is 2.78. The number of pyridine rings is 1. The zero-order valence-corrected chi connectivity index (χ0v) is 13.0. The molecule has 1 amide bonds. The van der Waals surface area contributed by atoms with Crippen LogP contribution in [0.2, 0.25) is 0 Å². The summed E-state index contributed by atoms with van der Waals surface area (Å²) in [5, 5.41) is 0.834. The van der Waals surface area contributed by atoms with E-state index in [0.717, 1.165) is 17.3 Å². The van der Waals surface area contributed by atoms with Gasteiger partial charge in [-0.3, -0.25) is 4.79 Å². The summed E-state index contributed by atoms with van der Waals surface area (Å²) in [7, 11) is 1.83. The fourth-order valence-corrected chi connectivity index (χ4v) is 2.12. The van der Waals surface area contributed by atoms with Gasteiger partial charge in [-0.2, -0.15) is 0 Å². The number of nitrogens with zero attached hydrogens (tertiary/aromatic N) is 2. The highest BCUT2D eigenvalue weighted by atomic mass is 16.2. The summed E-state index contributed by atoms with van der Waals surface area (Å²) in [6.07, 6.45) is 0.875. The van der Waals surface area contributed by atoms with Gasteiger partial charge in [-0.15, -0.1) is 0 Å². The number of amides is 1. The van der Waals surface area contributed by atoms with E-state index in [0.29, 0.717) is 11.4 Å². The predicted molar refractivity (Wildman–Crippen MR) is 86.0 cm³/mol. The first-order valence-electron chi connectivity index (χ1n) is 7.05. The lowest BCUT2D eigenvalue weighted by Gasteiger charge is -2.35. The molecule has 1 heterocycles. The first-order chi connectivity index (χ1) is 9.90. The Kier molecular flexibility index (Phi) is 4.14. The Bertz CT molecular complexity index is 666. The van der Waals surface area contributed by atoms with Crippen molar-refractivity contribution >= 4 is 22.6 Å². The number of carbonyl (C=O) groups is 1. The molecular formula is C16H22N4O. The van der Waals surface area contributed by atoms with Crippen molar-refractivity contribution in [3.63, 3.8) is 0 Å². The normalized spacial score (nSPS) is 11.5. The highest BCUT2D eigenvalue weighted by molar-refractivity contribution is 6.07. The Hall–Kier alpha value is -2.14. The summed E-state index contributed by atoms with van der Waals surface area (Å²) in [5.74, 6) is 5.92. The summed E-state index contributed by atoms with van der Waals surface area (Å²) in [6, 6.07) is 9.28. The highest BCUT2D eigenvalue weighted by Gasteiger charge is 2.27. The lowest BCUT2D eigenvalue weighted by molar-refractivity contribution is 0.0622. The largest absolute Gasteiger partial charge is 0.337 e. The van der Waals surface area contributed by atoms with Crippen LogP contribution in [0.25, 0.3) is 10.9 Å². The number of hydrogen-bond acceptors (Lipinski definition) is 4. The van der Waals surface area contributed by atoms with Crippen molar-refractivity contribution in [2.45, 2.75) is 32.7 Å². The molecule has 5 nitrogen and oxygen atoms in total. The zero-order valence-electron chi connectivity index (χ0n) is 13.0. The third kappa shape index (κ3) is 2.83. The summed E-state index contributed by atoms with van der Waals surface area (Å²) in [4.78, 5) is 19.0. The van der Waals surface area contributed by atoms with Crippen LogP contribution in [0.3, 0.4) is 0 Å². The van der Waals surface area contributed by atoms with E-state index in [1.54, 1.807) is 11.0 Å². The van der Waals surface area contributed by atoms with E-state index in [1.807, 2.05) is 31.3 Å². The van der Waals surface area contributed by atoms with Crippen molar-refractivity contribution < 1.29 is 4.79 Å². The van der Waals surface area contributed by atoms with E-state index in [4.69, 9.17) is 5.84 Å². The van der Waals surface area contributed by atoms with Crippen LogP contribution in [0.15, 0.2) is 30.3 Å². The van der Waals surface area contributed by atoms with Gasteiger partial charge in [-0.1, -0.05) is 25.1 Å². The molecule has 5 heteroatoms. The van der Waals surface area contributed by atoms with E-state index >= 15 is 0 Å². The molecule has 0 saturated carbocycles. The van der Waals surface area contributed by atoms with Crippen LogP contribution < -0.4 is 11.3 Å². The average Bonchev–Trinajstić information content (AvgIpc) is 2.52. The van der Waals surface area contributed by atoms with Crippen molar-refractivity contribution in [1.29, 1.82) is 0 Å². The van der Waals surface area contributed by atoms with Crippen LogP contribution in [-0.2, 0) is 0 Å². The first-order valence-corrected chi connectivity index (χ1v) is 7.05. The number of para-hydroxylation sites is 1. The summed E-state index contributed by atoms with van der Waals surface area (Å²) in [5.41, 5.74) is 3.67. The van der Waals surface area contributed by atoms with Crippen molar-refractivity contribution in [3.05, 3.63) is 35.9 Å². The number of anilines is 1. The van der Waals surface area contributed by atoms with Crippen LogP contribution in [0, 0.1) is 0 Å². The van der Waals surface area contributed by atoms with E-state index in [1.165, 1.54) is 0 Å². The number of hydrazine groups is 1. The second-order valence-corrected chi connectivity index (χ2v) is 5.75. The highest BCUT2D eigenvalue weighted by Crippen LogP contribution is 2.25. The van der Waals surface area contributed by atoms with Gasteiger partial charge in [0.1, 0.15) is 5.82 Å². The fourth-order valence-electron chi connectivity index (χ4n) is 2.12. The quantitative estimate of drug-likeness (QED) is 0.669. The number of benzene rings is 1. The topological polar surface area (TPSA) is 71.2 Å². The summed E-state index contributed by atoms with van der Waals surface area (Å²) >= 11 is 0. The Morgan fingerprint density at radius 2 is 2.05 bits per heavy atom. The molecule has 0 radical (unpaired) electrons. The molecule has 112 valence electrons. The fraction of sp³-hybridized carbons (Fsp3) is 0.375. The van der Waals surface area contributed by atoms with Gasteiger partial charge < -0.3 is 10.3 Å². The number of rotatable bonds is 4. The van der Waals surface area contributed by atoms with Crippen molar-refractivity contribution in [1.82, 2.24) is 9.88 Å². The van der Waals surface area contributed by atoms with Crippen molar-refractivity contribution in [2.24, 2.45) is 5.84 Å². The number of nitrogens with two attached hydrogens (primary N) is 1. The molecule has 0 unspecified atom stereocenters. The van der Waals surface area contributed by atoms with E-state index in [-0.39, 0.29) is 11.4 Å². The molecule has 1 aromatic carbocycles. The van der Waals surface area contributed by atoms with Gasteiger partial charge in [0, 0.05) is 18.0 Å². The monoisotopic (exact) mass is 286 g/mol. The molecule has 0 aliphatic heterocycles. The number of hydrogen-bond donors (Lipinski definition) is 2. The minimum atomic E-state index is -0.211. The second kappa shape index (κ2) is 5.69. The number of nitrogen functional groups attached to an aromatic ring is 1. The molecule has 0 fully saturated rings. The van der Waals surface area contributed by atoms with Crippen LogP contribution in [0.5, 0.6) is 0 Å². The van der Waals surface area contributed by atoms with E-state index in [2.05, 4.69) is 31.2 Å². The molecule has 0 aliphatic rings. The first kappa shape index (κ1) is 15.3. The Labute approximate surface area is 125 Å². The molecule has 2 aromatic rings. The van der Waals surface area contributed by atoms with Crippen LogP contribution in [0.4, 0.5) is 5.82 Å². The molecule has 0 atom stereocenters. The number of nitrogens with one attached hydrogen (secondary N) is 1. The maximum Gasteiger partial charge on any atom is 0.254 e. The minimum Gasteiger partial charge on any atom is -0.337 e. The minimum absolute atomic E-state index is 0.0306. The van der Waals surface area contributed by atoms with Crippen molar-refractivity contribution in [3.8, 4) is 0 Å². The van der Waals surface area contributed by atoms with Crippen LogP contribution in [0.1, 0.15) is 37.6 Å². The lowest BCUT2D eigenvalue weighted by atomic mass is 9.98. The molecule has 0 bridgehead atoms. The molecule has 21 heavy (non-hydrogen) atoms. The van der Waals surface area contributed by atoms with Gasteiger partial charge in [-0.05, 0) is 32.4 Å². The zero-order chi connectivity index (χ0) is 15.6. The van der Waals surface area contributed by atoms with Crippen molar-refractivity contribution in [2.75, 3.05) is 12.5 Å². The Balaban J connectivity index is 2.57. The Morgan fingerprint density at radius 1 is 1.38 bits per heavy atom. The van der Waals surface area contributed by atoms with Gasteiger partial charge in [0.05, 0.1) is 11.1 Å². The van der Waals surface area contributed by atoms with Gasteiger partial charge in [-0.25, -0.2) is 10.8 Å². The van der Waals surface area contributed by atoms with Crippen LogP contribution >= 0.6 is 0 Å². The number of aromatic nitrogens is 1. The third-order valence-electron chi connectivity index (χ3n) is 4.17. The maximum atomic E-state index is 12.9. The molecule has 1 aromatic heterocycles. The number of carbonyl (C=O) groups excluding carboxylic acids is 1. The summed E-state index contributed by atoms with van der Waals surface area (Å²) in [6.45, 7) is 6.17. The van der Waals surface area contributed by atoms with E-state index < -0.39 is 0 Å². The molecule has 2 rings (SSSR count). The molecule has 0 saturated heterocycles. The summed E-state index contributed by atoms with van der Waals surface area (Å²) < 4.78 is 0. The van der Waals surface area contributed by atoms with Gasteiger partial charge >= 0.3 is 0 Å². The third-order valence-corrected chi connectivity index (χ3v) is 4.17. The molecule has 3 N–H and O–H groups in total. The Morgan fingerprint density at radius 3 is 2.67 bits per heavy atom. The standard InChI is InChI=1S/C16H22N4O/c1-5-16(2,3)20(4)15(21)12-10-14(19-17)18-13-9-7-6-8-11(12)13/h6-10H,5,17H2,1-4H3,(H,18,19). The molecule has 0 spiro atoms. The van der Waals surface area contributed by atoms with Crippen LogP contribution in [-0.4, -0.2) is 28.4 Å². The smallest absolute Gasteiger partial charge is 0.254 e. The molecule has 0 aliphatic carbocycles. The SMILES string of the molecule is CCC(C)(C)N(C)C(=O)c1cc(NN)nc2ccccc12. The van der Waals surface area contributed by atoms with E-state index in [9.17, 15) is 4.79 Å². The maximum absolute atomic E-state index is 12.9. The van der Waals surface area contributed by atoms with Gasteiger partial charge in [0.2, 0.25) is 0 Å². The molecular weight excluding hydrogens is 264 g/mol. The lowest BCUT2D eigenvalue weighted by Crippen LogP contribution is -2.44. The van der Waals surface area contributed by atoms with Gasteiger partial charge in [0.25, 0.3) is 5.91 Å².